The molecule has 0 bridgehead atoms. The molecule has 5 heteroatoms. The molecule has 78 valence electrons. The van der Waals surface area contributed by atoms with Gasteiger partial charge in [-0.2, -0.15) is 5.10 Å². The van der Waals surface area contributed by atoms with Crippen molar-refractivity contribution in [2.75, 3.05) is 6.54 Å². The molecular weight excluding hydrogens is 180 g/mol. The van der Waals surface area contributed by atoms with Crippen LogP contribution < -0.4 is 11.0 Å². The molecule has 2 heterocycles. The van der Waals surface area contributed by atoms with Crippen molar-refractivity contribution in [3.8, 4) is 0 Å². The van der Waals surface area contributed by atoms with E-state index in [1.54, 1.807) is 9.25 Å². The minimum absolute atomic E-state index is 0.00833. The Morgan fingerprint density at radius 1 is 1.43 bits per heavy atom. The van der Waals surface area contributed by atoms with Crippen molar-refractivity contribution in [3.05, 3.63) is 16.3 Å². The third kappa shape index (κ3) is 1.37. The topological polar surface area (TPSA) is 51.9 Å². The van der Waals surface area contributed by atoms with Crippen LogP contribution in [0.25, 0.3) is 0 Å². The van der Waals surface area contributed by atoms with E-state index in [2.05, 4.69) is 10.4 Å². The van der Waals surface area contributed by atoms with Gasteiger partial charge < -0.3 is 5.32 Å². The summed E-state index contributed by atoms with van der Waals surface area (Å²) in [5.74, 6) is 0.844. The summed E-state index contributed by atoms with van der Waals surface area (Å²) < 4.78 is 3.32. The molecule has 0 unspecified atom stereocenters. The van der Waals surface area contributed by atoms with Crippen molar-refractivity contribution in [1.82, 2.24) is 19.7 Å². The smallest absolute Gasteiger partial charge is 0.308 e. The van der Waals surface area contributed by atoms with E-state index in [4.69, 9.17) is 0 Å². The van der Waals surface area contributed by atoms with Gasteiger partial charge in [0, 0.05) is 13.1 Å². The Balaban J connectivity index is 2.55. The van der Waals surface area contributed by atoms with E-state index in [-0.39, 0.29) is 11.2 Å². The van der Waals surface area contributed by atoms with E-state index >= 15 is 0 Å². The molecule has 0 aliphatic carbocycles. The number of hydrogen-bond acceptors (Lipinski definition) is 3. The van der Waals surface area contributed by atoms with Crippen LogP contribution in [0.5, 0.6) is 0 Å². The molecule has 1 N–H and O–H groups in total. The fourth-order valence-electron chi connectivity index (χ4n) is 1.62. The van der Waals surface area contributed by atoms with Crippen LogP contribution in [0, 0.1) is 0 Å². The van der Waals surface area contributed by atoms with Gasteiger partial charge >= 0.3 is 5.69 Å². The molecule has 0 radical (unpaired) electrons. The molecule has 0 atom stereocenters. The lowest BCUT2D eigenvalue weighted by molar-refractivity contribution is 0.340. The maximum absolute atomic E-state index is 11.9. The van der Waals surface area contributed by atoms with Crippen molar-refractivity contribution in [2.45, 2.75) is 39.4 Å². The first kappa shape index (κ1) is 9.45. The number of rotatable bonds is 0. The fraction of sp³-hybridized carbons (Fsp3) is 0.778. The molecule has 5 nitrogen and oxygen atoms in total. The predicted molar refractivity (Wildman–Crippen MR) is 53.2 cm³/mol. The second-order valence-electron chi connectivity index (χ2n) is 4.61. The Kier molecular flexibility index (Phi) is 1.99. The summed E-state index contributed by atoms with van der Waals surface area (Å²) in [6.07, 6.45) is 0. The fourth-order valence-corrected chi connectivity index (χ4v) is 1.62. The summed E-state index contributed by atoms with van der Waals surface area (Å²) in [5, 5.41) is 7.52. The van der Waals surface area contributed by atoms with Gasteiger partial charge in [0.05, 0.1) is 12.1 Å². The Hall–Kier alpha value is -1.10. The normalized spacial score (nSPS) is 16.8. The average Bonchev–Trinajstić information content (AvgIpc) is 2.44. The highest BCUT2D eigenvalue weighted by Gasteiger charge is 2.23. The van der Waals surface area contributed by atoms with Crippen molar-refractivity contribution in [1.29, 1.82) is 0 Å². The minimum atomic E-state index is -0.235. The number of hydrogen-bond donors (Lipinski definition) is 1. The molecule has 1 aromatic heterocycles. The first-order chi connectivity index (χ1) is 6.50. The average molecular weight is 196 g/mol. The molecule has 0 amide bonds. The highest BCUT2D eigenvalue weighted by atomic mass is 16.2. The van der Waals surface area contributed by atoms with Crippen LogP contribution in [0.1, 0.15) is 26.6 Å². The molecule has 1 aliphatic rings. The van der Waals surface area contributed by atoms with E-state index in [0.717, 1.165) is 18.9 Å². The summed E-state index contributed by atoms with van der Waals surface area (Å²) >= 11 is 0. The molecule has 0 fully saturated rings. The van der Waals surface area contributed by atoms with Gasteiger partial charge in [-0.05, 0) is 20.8 Å². The Morgan fingerprint density at radius 3 is 2.71 bits per heavy atom. The van der Waals surface area contributed by atoms with Gasteiger partial charge in [-0.15, -0.1) is 0 Å². The van der Waals surface area contributed by atoms with E-state index < -0.39 is 0 Å². The lowest BCUT2D eigenvalue weighted by Crippen LogP contribution is -2.38. The largest absolute Gasteiger partial charge is 0.346 e. The van der Waals surface area contributed by atoms with Gasteiger partial charge in [0.1, 0.15) is 5.82 Å². The van der Waals surface area contributed by atoms with E-state index in [9.17, 15) is 4.79 Å². The Morgan fingerprint density at radius 2 is 2.14 bits per heavy atom. The van der Waals surface area contributed by atoms with Crippen LogP contribution in [0.15, 0.2) is 4.79 Å². The highest BCUT2D eigenvalue weighted by Crippen LogP contribution is 2.10. The summed E-state index contributed by atoms with van der Waals surface area (Å²) in [4.78, 5) is 11.9. The quantitative estimate of drug-likeness (QED) is 0.630. The van der Waals surface area contributed by atoms with Crippen molar-refractivity contribution < 1.29 is 0 Å². The summed E-state index contributed by atoms with van der Waals surface area (Å²) in [6, 6.07) is 0. The third-order valence-corrected chi connectivity index (χ3v) is 2.37. The second-order valence-corrected chi connectivity index (χ2v) is 4.61. The summed E-state index contributed by atoms with van der Waals surface area (Å²) in [5.41, 5.74) is -0.226. The van der Waals surface area contributed by atoms with Gasteiger partial charge in [0.25, 0.3) is 0 Å². The van der Waals surface area contributed by atoms with Crippen molar-refractivity contribution in [2.24, 2.45) is 0 Å². The molecule has 0 spiro atoms. The van der Waals surface area contributed by atoms with Crippen LogP contribution in [0.3, 0.4) is 0 Å². The zero-order chi connectivity index (χ0) is 10.3. The van der Waals surface area contributed by atoms with Crippen LogP contribution in [-0.4, -0.2) is 20.9 Å². The molecule has 0 saturated carbocycles. The van der Waals surface area contributed by atoms with Crippen molar-refractivity contribution in [3.63, 3.8) is 0 Å². The van der Waals surface area contributed by atoms with Crippen LogP contribution >= 0.6 is 0 Å². The monoisotopic (exact) mass is 196 g/mol. The third-order valence-electron chi connectivity index (χ3n) is 2.37. The molecule has 1 aliphatic heterocycles. The van der Waals surface area contributed by atoms with Crippen LogP contribution in [0.2, 0.25) is 0 Å². The van der Waals surface area contributed by atoms with Gasteiger partial charge in [-0.25, -0.2) is 9.48 Å². The Bertz CT molecular complexity index is 396. The number of nitrogens with one attached hydrogen (secondary N) is 1. The summed E-state index contributed by atoms with van der Waals surface area (Å²) in [6.45, 7) is 8.23. The summed E-state index contributed by atoms with van der Waals surface area (Å²) in [7, 11) is 0. The number of nitrogens with zero attached hydrogens (tertiary/aromatic N) is 3. The number of aromatic nitrogens is 3. The van der Waals surface area contributed by atoms with Gasteiger partial charge in [-0.1, -0.05) is 0 Å². The van der Waals surface area contributed by atoms with Gasteiger partial charge in [-0.3, -0.25) is 4.57 Å². The molecular formula is C9H16N4O. The van der Waals surface area contributed by atoms with E-state index in [0.29, 0.717) is 6.54 Å². The van der Waals surface area contributed by atoms with Crippen molar-refractivity contribution >= 4 is 0 Å². The van der Waals surface area contributed by atoms with Gasteiger partial charge in [0.15, 0.2) is 0 Å². The highest BCUT2D eigenvalue weighted by molar-refractivity contribution is 4.93. The van der Waals surface area contributed by atoms with E-state index in [1.807, 2.05) is 20.8 Å². The van der Waals surface area contributed by atoms with Crippen LogP contribution in [-0.2, 0) is 18.6 Å². The predicted octanol–water partition coefficient (Wildman–Crippen LogP) is -0.0970. The SMILES string of the molecule is CC(C)(C)n1nc2n(c1=O)CCNC2. The van der Waals surface area contributed by atoms with E-state index in [1.165, 1.54) is 0 Å². The maximum Gasteiger partial charge on any atom is 0.346 e. The molecule has 14 heavy (non-hydrogen) atoms. The first-order valence-corrected chi connectivity index (χ1v) is 4.90. The molecule has 0 saturated heterocycles. The standard InChI is InChI=1S/C9H16N4O/c1-9(2,3)13-8(14)12-5-4-10-6-7(12)11-13/h10H,4-6H2,1-3H3. The second kappa shape index (κ2) is 2.95. The molecule has 1 aromatic rings. The molecule has 2 rings (SSSR count). The lowest BCUT2D eigenvalue weighted by atomic mass is 10.1. The Labute approximate surface area is 82.7 Å². The minimum Gasteiger partial charge on any atom is -0.308 e. The van der Waals surface area contributed by atoms with Gasteiger partial charge in [0.2, 0.25) is 0 Å². The zero-order valence-electron chi connectivity index (χ0n) is 8.87. The van der Waals surface area contributed by atoms with Crippen LogP contribution in [0.4, 0.5) is 0 Å². The maximum atomic E-state index is 11.9. The zero-order valence-corrected chi connectivity index (χ0v) is 8.87. The number of fused-ring (bicyclic) bond motifs is 1. The first-order valence-electron chi connectivity index (χ1n) is 4.90. The lowest BCUT2D eigenvalue weighted by Gasteiger charge is -2.16. The molecule has 0 aromatic carbocycles.